The highest BCUT2D eigenvalue weighted by Crippen LogP contribution is 2.02. The van der Waals surface area contributed by atoms with Crippen molar-refractivity contribution in [3.05, 3.63) is 80.5 Å². The summed E-state index contributed by atoms with van der Waals surface area (Å²) in [6.07, 6.45) is 1.88. The molecule has 6 nitrogen and oxygen atoms in total. The number of hydrogen-bond donors (Lipinski definition) is 1. The molecule has 1 N–H and O–H groups in total. The lowest BCUT2D eigenvalue weighted by Gasteiger charge is -2.02. The fraction of sp³-hybridized carbons (Fsp3) is 0.0667. The fourth-order valence-corrected chi connectivity index (χ4v) is 2.62. The number of aromatic nitrogens is 3. The lowest BCUT2D eigenvalue weighted by atomic mass is 10.2. The van der Waals surface area contributed by atoms with E-state index < -0.39 is 5.91 Å². The van der Waals surface area contributed by atoms with Crippen LogP contribution in [0.1, 0.15) is 16.1 Å². The number of aromatic amines is 1. The van der Waals surface area contributed by atoms with Crippen LogP contribution < -0.4 is 10.4 Å². The summed E-state index contributed by atoms with van der Waals surface area (Å²) >= 11 is 1.37. The number of nitrogens with one attached hydrogen (secondary N) is 1. The second kappa shape index (κ2) is 6.31. The van der Waals surface area contributed by atoms with E-state index in [1.54, 1.807) is 0 Å². The highest BCUT2D eigenvalue weighted by atomic mass is 32.1. The van der Waals surface area contributed by atoms with Gasteiger partial charge in [-0.05, 0) is 11.6 Å². The molecule has 0 radical (unpaired) electrons. The summed E-state index contributed by atoms with van der Waals surface area (Å²) in [5, 5.41) is 7.78. The Morgan fingerprint density at radius 1 is 1.23 bits per heavy atom. The summed E-state index contributed by atoms with van der Waals surface area (Å²) in [6.45, 7) is 0.634. The van der Waals surface area contributed by atoms with E-state index >= 15 is 0 Å². The van der Waals surface area contributed by atoms with Gasteiger partial charge in [0.1, 0.15) is 0 Å². The smallest absolute Gasteiger partial charge is 0.300 e. The molecule has 0 aliphatic rings. The molecule has 0 bridgehead atoms. The van der Waals surface area contributed by atoms with Gasteiger partial charge in [-0.15, -0.1) is 11.3 Å². The molecule has 2 aromatic heterocycles. The van der Waals surface area contributed by atoms with E-state index in [1.165, 1.54) is 23.5 Å². The average Bonchev–Trinajstić information content (AvgIpc) is 2.96. The monoisotopic (exact) mass is 312 g/mol. The number of thiazole rings is 1. The Morgan fingerprint density at radius 3 is 2.77 bits per heavy atom. The van der Waals surface area contributed by atoms with E-state index in [2.05, 4.69) is 15.2 Å². The molecule has 0 saturated carbocycles. The highest BCUT2D eigenvalue weighted by Gasteiger charge is 2.07. The molecule has 7 heteroatoms. The Hall–Kier alpha value is -2.80. The van der Waals surface area contributed by atoms with E-state index in [4.69, 9.17) is 0 Å². The van der Waals surface area contributed by atoms with Gasteiger partial charge in [-0.25, -0.2) is 5.10 Å². The van der Waals surface area contributed by atoms with Crippen LogP contribution in [0, 0.1) is 0 Å². The van der Waals surface area contributed by atoms with Gasteiger partial charge in [-0.3, -0.25) is 9.59 Å². The summed E-state index contributed by atoms with van der Waals surface area (Å²) < 4.78 is 1.89. The summed E-state index contributed by atoms with van der Waals surface area (Å²) in [6, 6.07) is 12.5. The van der Waals surface area contributed by atoms with Crippen molar-refractivity contribution < 1.29 is 4.79 Å². The van der Waals surface area contributed by atoms with Crippen LogP contribution in [0.5, 0.6) is 0 Å². The van der Waals surface area contributed by atoms with Gasteiger partial charge in [-0.2, -0.15) is 10.1 Å². The van der Waals surface area contributed by atoms with Crippen molar-refractivity contribution in [2.75, 3.05) is 0 Å². The second-order valence-electron chi connectivity index (χ2n) is 4.52. The van der Waals surface area contributed by atoms with Crippen LogP contribution in [-0.4, -0.2) is 20.7 Å². The minimum Gasteiger partial charge on any atom is -0.319 e. The molecule has 110 valence electrons. The SMILES string of the molecule is O=C(N=c1sccn1Cc1ccccc1)c1ccc(=O)[nH]n1. The first kappa shape index (κ1) is 14.2. The standard InChI is InChI=1S/C15H12N4O2S/c20-13-7-6-12(17-18-13)14(21)16-15-19(8-9-22-15)10-11-4-2-1-3-5-11/h1-9H,10H2,(H,18,20). The van der Waals surface area contributed by atoms with Crippen molar-refractivity contribution in [2.45, 2.75) is 6.54 Å². The summed E-state index contributed by atoms with van der Waals surface area (Å²) in [5.74, 6) is -0.486. The quantitative estimate of drug-likeness (QED) is 0.794. The van der Waals surface area contributed by atoms with Crippen LogP contribution in [0.25, 0.3) is 0 Å². The number of rotatable bonds is 3. The maximum absolute atomic E-state index is 12.1. The Bertz CT molecular complexity index is 888. The first-order chi connectivity index (χ1) is 10.7. The molecule has 0 unspecified atom stereocenters. The zero-order chi connectivity index (χ0) is 15.4. The third-order valence-corrected chi connectivity index (χ3v) is 3.75. The summed E-state index contributed by atoms with van der Waals surface area (Å²) in [4.78, 5) is 27.7. The third-order valence-electron chi connectivity index (χ3n) is 2.95. The number of benzene rings is 1. The molecular weight excluding hydrogens is 300 g/mol. The molecule has 0 atom stereocenters. The van der Waals surface area contributed by atoms with Gasteiger partial charge in [0.2, 0.25) is 0 Å². The highest BCUT2D eigenvalue weighted by molar-refractivity contribution is 7.07. The minimum absolute atomic E-state index is 0.110. The first-order valence-electron chi connectivity index (χ1n) is 6.55. The fourth-order valence-electron chi connectivity index (χ4n) is 1.89. The van der Waals surface area contributed by atoms with Crippen LogP contribution in [-0.2, 0) is 6.54 Å². The van der Waals surface area contributed by atoms with Crippen molar-refractivity contribution >= 4 is 17.2 Å². The Balaban J connectivity index is 1.89. The lowest BCUT2D eigenvalue weighted by Crippen LogP contribution is -2.18. The number of hydrogen-bond acceptors (Lipinski definition) is 4. The van der Waals surface area contributed by atoms with Gasteiger partial charge in [0.25, 0.3) is 11.5 Å². The van der Waals surface area contributed by atoms with Crippen molar-refractivity contribution in [1.29, 1.82) is 0 Å². The van der Waals surface area contributed by atoms with Gasteiger partial charge in [0.15, 0.2) is 10.5 Å². The molecule has 3 aromatic rings. The summed E-state index contributed by atoms with van der Waals surface area (Å²) in [5.41, 5.74) is 0.878. The van der Waals surface area contributed by atoms with Crippen LogP contribution in [0.15, 0.2) is 63.8 Å². The average molecular weight is 312 g/mol. The Labute approximate surface area is 129 Å². The number of H-pyrrole nitrogens is 1. The summed E-state index contributed by atoms with van der Waals surface area (Å²) in [7, 11) is 0. The van der Waals surface area contributed by atoms with Gasteiger partial charge in [0, 0.05) is 24.2 Å². The Morgan fingerprint density at radius 2 is 2.05 bits per heavy atom. The van der Waals surface area contributed by atoms with Gasteiger partial charge >= 0.3 is 0 Å². The minimum atomic E-state index is -0.486. The van der Waals surface area contributed by atoms with Crippen molar-refractivity contribution in [2.24, 2.45) is 4.99 Å². The molecule has 0 spiro atoms. The maximum Gasteiger partial charge on any atom is 0.300 e. The molecule has 22 heavy (non-hydrogen) atoms. The van der Waals surface area contributed by atoms with Crippen molar-refractivity contribution in [3.8, 4) is 0 Å². The predicted octanol–water partition coefficient (Wildman–Crippen LogP) is 1.42. The van der Waals surface area contributed by atoms with E-state index in [0.29, 0.717) is 11.3 Å². The largest absolute Gasteiger partial charge is 0.319 e. The topological polar surface area (TPSA) is 80.1 Å². The van der Waals surface area contributed by atoms with E-state index in [0.717, 1.165) is 5.56 Å². The molecule has 0 aliphatic carbocycles. The normalized spacial score (nSPS) is 11.5. The number of nitrogens with zero attached hydrogens (tertiary/aromatic N) is 3. The molecular formula is C15H12N4O2S. The number of carbonyl (C=O) groups excluding carboxylic acids is 1. The zero-order valence-corrected chi connectivity index (χ0v) is 12.3. The number of carbonyl (C=O) groups is 1. The van der Waals surface area contributed by atoms with Crippen LogP contribution in [0.2, 0.25) is 0 Å². The molecule has 1 aromatic carbocycles. The van der Waals surface area contributed by atoms with Crippen LogP contribution in [0.4, 0.5) is 0 Å². The molecule has 0 aliphatic heterocycles. The van der Waals surface area contributed by atoms with Crippen LogP contribution in [0.3, 0.4) is 0 Å². The first-order valence-corrected chi connectivity index (χ1v) is 7.43. The maximum atomic E-state index is 12.1. The van der Waals surface area contributed by atoms with Gasteiger partial charge in [0.05, 0.1) is 0 Å². The van der Waals surface area contributed by atoms with E-state index in [1.807, 2.05) is 46.5 Å². The van der Waals surface area contributed by atoms with Crippen LogP contribution >= 0.6 is 11.3 Å². The second-order valence-corrected chi connectivity index (χ2v) is 5.40. The molecule has 0 fully saturated rings. The van der Waals surface area contributed by atoms with Crippen molar-refractivity contribution in [3.63, 3.8) is 0 Å². The van der Waals surface area contributed by atoms with E-state index in [9.17, 15) is 9.59 Å². The molecule has 3 rings (SSSR count). The molecule has 0 saturated heterocycles. The third kappa shape index (κ3) is 3.26. The van der Waals surface area contributed by atoms with Crippen molar-refractivity contribution in [1.82, 2.24) is 14.8 Å². The molecule has 1 amide bonds. The predicted molar refractivity (Wildman–Crippen MR) is 82.6 cm³/mol. The van der Waals surface area contributed by atoms with Gasteiger partial charge in [-0.1, -0.05) is 30.3 Å². The number of amides is 1. The molecule has 2 heterocycles. The van der Waals surface area contributed by atoms with Gasteiger partial charge < -0.3 is 4.57 Å². The zero-order valence-electron chi connectivity index (χ0n) is 11.5. The Kier molecular flexibility index (Phi) is 4.06. The van der Waals surface area contributed by atoms with E-state index in [-0.39, 0.29) is 11.3 Å². The lowest BCUT2D eigenvalue weighted by molar-refractivity contribution is 0.0992.